The second-order valence-electron chi connectivity index (χ2n) is 5.16. The van der Waals surface area contributed by atoms with Crippen LogP contribution >= 0.6 is 0 Å². The zero-order chi connectivity index (χ0) is 16.6. The van der Waals surface area contributed by atoms with Crippen LogP contribution in [0.15, 0.2) is 60.8 Å². The summed E-state index contributed by atoms with van der Waals surface area (Å²) < 4.78 is 10.8. The van der Waals surface area contributed by atoms with Crippen LogP contribution < -0.4 is 14.8 Å². The molecule has 124 valence electrons. The van der Waals surface area contributed by atoms with E-state index in [2.05, 4.69) is 15.5 Å². The maximum absolute atomic E-state index is 5.66. The summed E-state index contributed by atoms with van der Waals surface area (Å²) in [6.45, 7) is 1.96. The number of benzene rings is 2. The molecule has 0 aliphatic heterocycles. The highest BCUT2D eigenvalue weighted by Crippen LogP contribution is 2.16. The minimum atomic E-state index is 0.582. The van der Waals surface area contributed by atoms with E-state index < -0.39 is 0 Å². The van der Waals surface area contributed by atoms with Crippen LogP contribution in [0, 0.1) is 0 Å². The average molecular weight is 324 g/mol. The fourth-order valence-corrected chi connectivity index (χ4v) is 2.19. The zero-order valence-electron chi connectivity index (χ0n) is 13.6. The standard InChI is InChI=1S/C18H20N4O2/c1-23-17-7-9-18(10-8-17)24-12-11-19-13-15-14-20-22(21-15)16-5-3-2-4-6-16/h2-10,14,19H,11-13H2,1H3. The topological polar surface area (TPSA) is 61.2 Å². The number of para-hydroxylation sites is 1. The quantitative estimate of drug-likeness (QED) is 0.645. The highest BCUT2D eigenvalue weighted by Gasteiger charge is 2.02. The van der Waals surface area contributed by atoms with Crippen molar-refractivity contribution in [2.45, 2.75) is 6.54 Å². The van der Waals surface area contributed by atoms with Crippen LogP contribution in [-0.4, -0.2) is 35.3 Å². The molecule has 0 saturated carbocycles. The van der Waals surface area contributed by atoms with Crippen LogP contribution in [0.25, 0.3) is 5.69 Å². The van der Waals surface area contributed by atoms with E-state index in [0.717, 1.165) is 29.4 Å². The molecule has 0 unspecified atom stereocenters. The van der Waals surface area contributed by atoms with Crippen molar-refractivity contribution in [3.8, 4) is 17.2 Å². The van der Waals surface area contributed by atoms with E-state index >= 15 is 0 Å². The van der Waals surface area contributed by atoms with Crippen LogP contribution in [0.5, 0.6) is 11.5 Å². The van der Waals surface area contributed by atoms with Gasteiger partial charge in [-0.3, -0.25) is 0 Å². The Kier molecular flexibility index (Phi) is 5.42. The zero-order valence-corrected chi connectivity index (χ0v) is 13.6. The van der Waals surface area contributed by atoms with Crippen molar-refractivity contribution < 1.29 is 9.47 Å². The molecule has 1 heterocycles. The van der Waals surface area contributed by atoms with Gasteiger partial charge in [-0.15, -0.1) is 0 Å². The number of hydrogen-bond donors (Lipinski definition) is 1. The Labute approximate surface area is 141 Å². The van der Waals surface area contributed by atoms with Crippen molar-refractivity contribution in [2.24, 2.45) is 0 Å². The van der Waals surface area contributed by atoms with E-state index in [1.807, 2.05) is 54.6 Å². The SMILES string of the molecule is COc1ccc(OCCNCc2cnn(-c3ccccc3)n2)cc1. The van der Waals surface area contributed by atoms with Crippen molar-refractivity contribution in [3.05, 3.63) is 66.5 Å². The van der Waals surface area contributed by atoms with Crippen molar-refractivity contribution in [3.63, 3.8) is 0 Å². The summed E-state index contributed by atoms with van der Waals surface area (Å²) in [5, 5.41) is 12.0. The van der Waals surface area contributed by atoms with Crippen LogP contribution in [0.2, 0.25) is 0 Å². The van der Waals surface area contributed by atoms with Crippen molar-refractivity contribution >= 4 is 0 Å². The van der Waals surface area contributed by atoms with Gasteiger partial charge in [0.1, 0.15) is 18.1 Å². The smallest absolute Gasteiger partial charge is 0.119 e. The summed E-state index contributed by atoms with van der Waals surface area (Å²) in [5.41, 5.74) is 1.84. The Morgan fingerprint density at radius 3 is 2.50 bits per heavy atom. The highest BCUT2D eigenvalue weighted by atomic mass is 16.5. The maximum Gasteiger partial charge on any atom is 0.119 e. The van der Waals surface area contributed by atoms with Gasteiger partial charge in [0.2, 0.25) is 0 Å². The maximum atomic E-state index is 5.66. The van der Waals surface area contributed by atoms with Crippen molar-refractivity contribution in [1.82, 2.24) is 20.3 Å². The number of ether oxygens (including phenoxy) is 2. The van der Waals surface area contributed by atoms with E-state index in [4.69, 9.17) is 9.47 Å². The fourth-order valence-electron chi connectivity index (χ4n) is 2.19. The average Bonchev–Trinajstić information content (AvgIpc) is 3.12. The van der Waals surface area contributed by atoms with Gasteiger partial charge in [-0.1, -0.05) is 18.2 Å². The second kappa shape index (κ2) is 8.12. The molecule has 3 aromatic rings. The molecule has 1 aromatic heterocycles. The molecule has 0 spiro atoms. The van der Waals surface area contributed by atoms with Crippen molar-refractivity contribution in [2.75, 3.05) is 20.3 Å². The molecule has 6 heteroatoms. The van der Waals surface area contributed by atoms with Gasteiger partial charge >= 0.3 is 0 Å². The van der Waals surface area contributed by atoms with Crippen LogP contribution in [0.4, 0.5) is 0 Å². The lowest BCUT2D eigenvalue weighted by molar-refractivity contribution is 0.312. The number of hydrogen-bond acceptors (Lipinski definition) is 5. The molecule has 6 nitrogen and oxygen atoms in total. The van der Waals surface area contributed by atoms with Gasteiger partial charge in [0.25, 0.3) is 0 Å². The third-order valence-electron chi connectivity index (χ3n) is 3.44. The molecule has 0 aliphatic carbocycles. The molecule has 2 aromatic carbocycles. The van der Waals surface area contributed by atoms with E-state index in [9.17, 15) is 0 Å². The predicted octanol–water partition coefficient (Wildman–Crippen LogP) is 2.44. The molecule has 3 rings (SSSR count). The lowest BCUT2D eigenvalue weighted by atomic mass is 10.3. The van der Waals surface area contributed by atoms with Gasteiger partial charge < -0.3 is 14.8 Å². The highest BCUT2D eigenvalue weighted by molar-refractivity contribution is 5.31. The lowest BCUT2D eigenvalue weighted by Gasteiger charge is -2.07. The third kappa shape index (κ3) is 4.33. The largest absolute Gasteiger partial charge is 0.497 e. The van der Waals surface area contributed by atoms with Gasteiger partial charge in [-0.05, 0) is 36.4 Å². The molecular formula is C18H20N4O2. The minimum absolute atomic E-state index is 0.582. The van der Waals surface area contributed by atoms with Gasteiger partial charge in [-0.2, -0.15) is 15.0 Å². The van der Waals surface area contributed by atoms with Crippen LogP contribution in [0.3, 0.4) is 0 Å². The summed E-state index contributed by atoms with van der Waals surface area (Å²) in [5.74, 6) is 1.65. The van der Waals surface area contributed by atoms with Gasteiger partial charge in [0.15, 0.2) is 0 Å². The molecule has 0 saturated heterocycles. The minimum Gasteiger partial charge on any atom is -0.497 e. The normalized spacial score (nSPS) is 10.5. The first kappa shape index (κ1) is 16.0. The second-order valence-corrected chi connectivity index (χ2v) is 5.16. The summed E-state index contributed by atoms with van der Waals surface area (Å²) in [6, 6.07) is 17.4. The van der Waals surface area contributed by atoms with E-state index in [1.165, 1.54) is 0 Å². The van der Waals surface area contributed by atoms with E-state index in [-0.39, 0.29) is 0 Å². The summed E-state index contributed by atoms with van der Waals surface area (Å²) >= 11 is 0. The Morgan fingerprint density at radius 2 is 1.75 bits per heavy atom. The Bertz CT molecular complexity index is 741. The first-order valence-corrected chi connectivity index (χ1v) is 7.79. The molecule has 0 aliphatic rings. The van der Waals surface area contributed by atoms with E-state index in [0.29, 0.717) is 13.2 Å². The molecule has 0 amide bonds. The molecule has 0 fully saturated rings. The molecule has 0 atom stereocenters. The summed E-state index contributed by atoms with van der Waals surface area (Å²) in [4.78, 5) is 1.63. The number of nitrogens with one attached hydrogen (secondary N) is 1. The molecule has 0 radical (unpaired) electrons. The Balaban J connectivity index is 1.40. The summed E-state index contributed by atoms with van der Waals surface area (Å²) in [6.07, 6.45) is 1.77. The van der Waals surface area contributed by atoms with Gasteiger partial charge in [-0.25, -0.2) is 0 Å². The first-order valence-electron chi connectivity index (χ1n) is 7.79. The van der Waals surface area contributed by atoms with Gasteiger partial charge in [0.05, 0.1) is 24.7 Å². The number of nitrogens with zero attached hydrogens (tertiary/aromatic N) is 3. The molecular weight excluding hydrogens is 304 g/mol. The van der Waals surface area contributed by atoms with Crippen molar-refractivity contribution in [1.29, 1.82) is 0 Å². The third-order valence-corrected chi connectivity index (χ3v) is 3.44. The Hall–Kier alpha value is -2.86. The number of methoxy groups -OCH3 is 1. The predicted molar refractivity (Wildman–Crippen MR) is 91.6 cm³/mol. The number of rotatable bonds is 8. The van der Waals surface area contributed by atoms with Crippen LogP contribution in [0.1, 0.15) is 5.69 Å². The van der Waals surface area contributed by atoms with E-state index in [1.54, 1.807) is 18.1 Å². The summed E-state index contributed by atoms with van der Waals surface area (Å²) in [7, 11) is 1.65. The fraction of sp³-hybridized carbons (Fsp3) is 0.222. The molecule has 0 bridgehead atoms. The monoisotopic (exact) mass is 324 g/mol. The van der Waals surface area contributed by atoms with Crippen LogP contribution in [-0.2, 0) is 6.54 Å². The lowest BCUT2D eigenvalue weighted by Crippen LogP contribution is -2.20. The molecule has 1 N–H and O–H groups in total. The molecule has 24 heavy (non-hydrogen) atoms. The first-order chi connectivity index (χ1) is 11.8. The number of aromatic nitrogens is 3. The Morgan fingerprint density at radius 1 is 1.00 bits per heavy atom. The van der Waals surface area contributed by atoms with Gasteiger partial charge in [0, 0.05) is 13.1 Å².